The van der Waals surface area contributed by atoms with Gasteiger partial charge < -0.3 is 5.32 Å². The fraction of sp³-hybridized carbons (Fsp3) is 0.0526. The summed E-state index contributed by atoms with van der Waals surface area (Å²) >= 11 is 4.69. The summed E-state index contributed by atoms with van der Waals surface area (Å²) in [5.41, 5.74) is 2.10. The number of benzene rings is 2. The first-order valence-electron chi connectivity index (χ1n) is 8.06. The van der Waals surface area contributed by atoms with Gasteiger partial charge in [0, 0.05) is 15.4 Å². The SMILES string of the molecule is O=C(Cn1cnc2ccc(Br)cc2c1=O)Nc1nc(-c2ccccc2)cs1. The average molecular weight is 441 g/mol. The number of carbonyl (C=O) groups excluding carboxylic acids is 1. The smallest absolute Gasteiger partial charge is 0.261 e. The molecule has 0 unspecified atom stereocenters. The molecular formula is C19H13BrN4O2S. The molecule has 0 bridgehead atoms. The molecule has 0 aliphatic rings. The molecule has 1 amide bonds. The van der Waals surface area contributed by atoms with E-state index in [0.717, 1.165) is 15.7 Å². The normalized spacial score (nSPS) is 10.9. The molecule has 0 aliphatic carbocycles. The Hall–Kier alpha value is -2.84. The molecule has 134 valence electrons. The van der Waals surface area contributed by atoms with Gasteiger partial charge in [0.05, 0.1) is 22.9 Å². The van der Waals surface area contributed by atoms with Gasteiger partial charge in [-0.3, -0.25) is 14.2 Å². The highest BCUT2D eigenvalue weighted by Gasteiger charge is 2.11. The number of halogens is 1. The lowest BCUT2D eigenvalue weighted by molar-refractivity contribution is -0.116. The largest absolute Gasteiger partial charge is 0.300 e. The molecule has 0 saturated heterocycles. The minimum absolute atomic E-state index is 0.130. The van der Waals surface area contributed by atoms with Gasteiger partial charge in [-0.1, -0.05) is 46.3 Å². The molecule has 0 atom stereocenters. The van der Waals surface area contributed by atoms with Gasteiger partial charge in [-0.25, -0.2) is 9.97 Å². The van der Waals surface area contributed by atoms with Crippen molar-refractivity contribution in [1.82, 2.24) is 14.5 Å². The summed E-state index contributed by atoms with van der Waals surface area (Å²) in [6.07, 6.45) is 1.38. The maximum atomic E-state index is 12.6. The maximum absolute atomic E-state index is 12.6. The molecular weight excluding hydrogens is 428 g/mol. The van der Waals surface area contributed by atoms with E-state index in [1.54, 1.807) is 12.1 Å². The van der Waals surface area contributed by atoms with E-state index in [1.807, 2.05) is 41.8 Å². The van der Waals surface area contributed by atoms with Crippen LogP contribution in [0.4, 0.5) is 5.13 Å². The van der Waals surface area contributed by atoms with Crippen molar-refractivity contribution in [2.24, 2.45) is 0 Å². The average Bonchev–Trinajstić information content (AvgIpc) is 3.13. The van der Waals surface area contributed by atoms with E-state index in [9.17, 15) is 9.59 Å². The Morgan fingerprint density at radius 2 is 2.00 bits per heavy atom. The molecule has 0 spiro atoms. The van der Waals surface area contributed by atoms with Crippen LogP contribution in [0.3, 0.4) is 0 Å². The van der Waals surface area contributed by atoms with Crippen LogP contribution in [0.5, 0.6) is 0 Å². The molecule has 2 aromatic heterocycles. The fourth-order valence-electron chi connectivity index (χ4n) is 2.63. The van der Waals surface area contributed by atoms with Gasteiger partial charge in [-0.05, 0) is 18.2 Å². The second-order valence-corrected chi connectivity index (χ2v) is 7.56. The molecule has 2 heterocycles. The number of nitrogens with zero attached hydrogens (tertiary/aromatic N) is 3. The Morgan fingerprint density at radius 3 is 2.81 bits per heavy atom. The van der Waals surface area contributed by atoms with E-state index in [-0.39, 0.29) is 18.0 Å². The Kier molecular flexibility index (Phi) is 4.83. The van der Waals surface area contributed by atoms with E-state index in [2.05, 4.69) is 31.2 Å². The van der Waals surface area contributed by atoms with Crippen LogP contribution in [0.15, 0.2) is 69.5 Å². The predicted molar refractivity (Wildman–Crippen MR) is 110 cm³/mol. The molecule has 27 heavy (non-hydrogen) atoms. The number of anilines is 1. The van der Waals surface area contributed by atoms with Crippen molar-refractivity contribution in [3.63, 3.8) is 0 Å². The Labute approximate surface area is 166 Å². The lowest BCUT2D eigenvalue weighted by Gasteiger charge is -2.06. The van der Waals surface area contributed by atoms with Gasteiger partial charge in [0.25, 0.3) is 5.56 Å². The lowest BCUT2D eigenvalue weighted by atomic mass is 10.2. The molecule has 1 N–H and O–H groups in total. The summed E-state index contributed by atoms with van der Waals surface area (Å²) in [5, 5.41) is 5.57. The lowest BCUT2D eigenvalue weighted by Crippen LogP contribution is -2.27. The molecule has 4 rings (SSSR count). The topological polar surface area (TPSA) is 76.9 Å². The van der Waals surface area contributed by atoms with Crippen molar-refractivity contribution in [2.75, 3.05) is 5.32 Å². The van der Waals surface area contributed by atoms with Crippen LogP contribution >= 0.6 is 27.3 Å². The van der Waals surface area contributed by atoms with E-state index < -0.39 is 0 Å². The number of amides is 1. The van der Waals surface area contributed by atoms with Crippen molar-refractivity contribution < 1.29 is 4.79 Å². The zero-order valence-corrected chi connectivity index (χ0v) is 16.3. The summed E-state index contributed by atoms with van der Waals surface area (Å²) in [6, 6.07) is 15.0. The monoisotopic (exact) mass is 440 g/mol. The number of aromatic nitrogens is 3. The zero-order chi connectivity index (χ0) is 18.8. The van der Waals surface area contributed by atoms with Crippen LogP contribution < -0.4 is 10.9 Å². The highest BCUT2D eigenvalue weighted by molar-refractivity contribution is 9.10. The summed E-state index contributed by atoms with van der Waals surface area (Å²) in [7, 11) is 0. The van der Waals surface area contributed by atoms with E-state index >= 15 is 0 Å². The molecule has 0 radical (unpaired) electrons. The summed E-state index contributed by atoms with van der Waals surface area (Å²) < 4.78 is 2.07. The van der Waals surface area contributed by atoms with Crippen LogP contribution in [0.25, 0.3) is 22.2 Å². The van der Waals surface area contributed by atoms with Crippen LogP contribution in [0.1, 0.15) is 0 Å². The van der Waals surface area contributed by atoms with E-state index in [1.165, 1.54) is 22.2 Å². The molecule has 8 heteroatoms. The second kappa shape index (κ2) is 7.42. The third-order valence-corrected chi connectivity index (χ3v) is 5.17. The standard InChI is InChI=1S/C19H13BrN4O2S/c20-13-6-7-15-14(8-13)18(26)24(11-21-15)9-17(25)23-19-22-16(10-27-19)12-4-2-1-3-5-12/h1-8,10-11H,9H2,(H,22,23,25). The van der Waals surface area contributed by atoms with Gasteiger partial charge in [0.15, 0.2) is 5.13 Å². The molecule has 2 aromatic carbocycles. The number of rotatable bonds is 4. The second-order valence-electron chi connectivity index (χ2n) is 5.79. The van der Waals surface area contributed by atoms with Gasteiger partial charge in [-0.15, -0.1) is 11.3 Å². The number of nitrogens with one attached hydrogen (secondary N) is 1. The first-order chi connectivity index (χ1) is 13.1. The van der Waals surface area contributed by atoms with E-state index in [4.69, 9.17) is 0 Å². The zero-order valence-electron chi connectivity index (χ0n) is 13.9. The van der Waals surface area contributed by atoms with Crippen molar-refractivity contribution in [2.45, 2.75) is 6.54 Å². The summed E-state index contributed by atoms with van der Waals surface area (Å²) in [5.74, 6) is -0.331. The molecule has 0 saturated carbocycles. The molecule has 6 nitrogen and oxygen atoms in total. The van der Waals surface area contributed by atoms with E-state index in [0.29, 0.717) is 16.0 Å². The molecule has 4 aromatic rings. The Bertz CT molecular complexity index is 1190. The van der Waals surface area contributed by atoms with Crippen molar-refractivity contribution in [3.8, 4) is 11.3 Å². The van der Waals surface area contributed by atoms with Crippen molar-refractivity contribution in [3.05, 3.63) is 75.1 Å². The highest BCUT2D eigenvalue weighted by atomic mass is 79.9. The van der Waals surface area contributed by atoms with Crippen LogP contribution in [-0.4, -0.2) is 20.4 Å². The number of hydrogen-bond acceptors (Lipinski definition) is 5. The van der Waals surface area contributed by atoms with Crippen LogP contribution in [0, 0.1) is 0 Å². The third kappa shape index (κ3) is 3.81. The van der Waals surface area contributed by atoms with Gasteiger partial charge in [-0.2, -0.15) is 0 Å². The van der Waals surface area contributed by atoms with Gasteiger partial charge in [0.1, 0.15) is 6.54 Å². The first-order valence-corrected chi connectivity index (χ1v) is 9.73. The number of hydrogen-bond donors (Lipinski definition) is 1. The molecule has 0 aliphatic heterocycles. The van der Waals surface area contributed by atoms with Crippen molar-refractivity contribution >= 4 is 49.2 Å². The number of thiazole rings is 1. The van der Waals surface area contributed by atoms with Crippen LogP contribution in [-0.2, 0) is 11.3 Å². The maximum Gasteiger partial charge on any atom is 0.261 e. The predicted octanol–water partition coefficient (Wildman–Crippen LogP) is 3.92. The Balaban J connectivity index is 1.52. The van der Waals surface area contributed by atoms with Gasteiger partial charge >= 0.3 is 0 Å². The minimum atomic E-state index is -0.331. The first kappa shape index (κ1) is 17.6. The van der Waals surface area contributed by atoms with Crippen LogP contribution in [0.2, 0.25) is 0 Å². The summed E-state index contributed by atoms with van der Waals surface area (Å²) in [4.78, 5) is 33.6. The molecule has 0 fully saturated rings. The highest BCUT2D eigenvalue weighted by Crippen LogP contribution is 2.24. The van der Waals surface area contributed by atoms with Crippen molar-refractivity contribution in [1.29, 1.82) is 0 Å². The minimum Gasteiger partial charge on any atom is -0.300 e. The number of carbonyl (C=O) groups is 1. The Morgan fingerprint density at radius 1 is 1.19 bits per heavy atom. The fourth-order valence-corrected chi connectivity index (χ4v) is 3.73. The number of fused-ring (bicyclic) bond motifs is 1. The third-order valence-electron chi connectivity index (χ3n) is 3.92. The quantitative estimate of drug-likeness (QED) is 0.521. The van der Waals surface area contributed by atoms with Gasteiger partial charge in [0.2, 0.25) is 5.91 Å². The summed E-state index contributed by atoms with van der Waals surface area (Å²) in [6.45, 7) is -0.130.